The number of oxazole rings is 1. The van der Waals surface area contributed by atoms with Gasteiger partial charge < -0.3 is 14.2 Å². The SMILES string of the molecule is CC[C@@H]1CCCN(CC(=O)N2CCN(c3oc(C)nc3C#N)CC2)C1. The first kappa shape index (κ1) is 17.7. The van der Waals surface area contributed by atoms with Crippen LogP contribution in [0.25, 0.3) is 0 Å². The van der Waals surface area contributed by atoms with Crippen LogP contribution in [0.15, 0.2) is 4.42 Å². The van der Waals surface area contributed by atoms with Gasteiger partial charge in [0.2, 0.25) is 17.5 Å². The number of likely N-dealkylation sites (tertiary alicyclic amines) is 1. The van der Waals surface area contributed by atoms with Gasteiger partial charge >= 0.3 is 0 Å². The van der Waals surface area contributed by atoms with Crippen LogP contribution in [0, 0.1) is 24.2 Å². The highest BCUT2D eigenvalue weighted by Crippen LogP contribution is 2.23. The zero-order chi connectivity index (χ0) is 17.8. The van der Waals surface area contributed by atoms with Gasteiger partial charge in [-0.1, -0.05) is 13.3 Å². The molecule has 136 valence electrons. The van der Waals surface area contributed by atoms with Gasteiger partial charge in [-0.2, -0.15) is 5.26 Å². The number of hydrogen-bond acceptors (Lipinski definition) is 6. The molecule has 7 heteroatoms. The summed E-state index contributed by atoms with van der Waals surface area (Å²) in [5, 5.41) is 9.16. The molecule has 2 fully saturated rings. The number of rotatable bonds is 4. The lowest BCUT2D eigenvalue weighted by Gasteiger charge is -2.37. The maximum atomic E-state index is 12.6. The molecule has 2 aliphatic heterocycles. The first-order valence-electron chi connectivity index (χ1n) is 9.23. The fraction of sp³-hybridized carbons (Fsp3) is 0.722. The lowest BCUT2D eigenvalue weighted by atomic mass is 9.96. The Morgan fingerprint density at radius 2 is 2.08 bits per heavy atom. The molecular formula is C18H27N5O2. The number of aryl methyl sites for hydroxylation is 1. The van der Waals surface area contributed by atoms with E-state index in [0.29, 0.717) is 50.2 Å². The van der Waals surface area contributed by atoms with Gasteiger partial charge in [-0.15, -0.1) is 0 Å². The molecule has 0 N–H and O–H groups in total. The van der Waals surface area contributed by atoms with Crippen LogP contribution in [-0.4, -0.2) is 66.5 Å². The van der Waals surface area contributed by atoms with Gasteiger partial charge in [-0.25, -0.2) is 4.98 Å². The molecule has 3 rings (SSSR count). The van der Waals surface area contributed by atoms with E-state index in [0.717, 1.165) is 19.0 Å². The highest BCUT2D eigenvalue weighted by Gasteiger charge is 2.27. The van der Waals surface area contributed by atoms with Crippen molar-refractivity contribution in [2.24, 2.45) is 5.92 Å². The van der Waals surface area contributed by atoms with Crippen LogP contribution in [0.4, 0.5) is 5.88 Å². The van der Waals surface area contributed by atoms with E-state index in [-0.39, 0.29) is 5.91 Å². The topological polar surface area (TPSA) is 76.6 Å². The highest BCUT2D eigenvalue weighted by atomic mass is 16.4. The van der Waals surface area contributed by atoms with Crippen molar-refractivity contribution in [1.29, 1.82) is 5.26 Å². The molecule has 1 aromatic heterocycles. The van der Waals surface area contributed by atoms with Crippen molar-refractivity contribution in [3.05, 3.63) is 11.6 Å². The van der Waals surface area contributed by atoms with E-state index in [4.69, 9.17) is 9.68 Å². The number of piperazine rings is 1. The summed E-state index contributed by atoms with van der Waals surface area (Å²) in [4.78, 5) is 23.0. The Labute approximate surface area is 149 Å². The van der Waals surface area contributed by atoms with E-state index in [9.17, 15) is 4.79 Å². The molecule has 0 aliphatic carbocycles. The quantitative estimate of drug-likeness (QED) is 0.825. The largest absolute Gasteiger partial charge is 0.424 e. The summed E-state index contributed by atoms with van der Waals surface area (Å²) in [6.45, 7) is 9.25. The minimum absolute atomic E-state index is 0.214. The highest BCUT2D eigenvalue weighted by molar-refractivity contribution is 5.78. The van der Waals surface area contributed by atoms with Gasteiger partial charge in [0.25, 0.3) is 0 Å². The number of anilines is 1. The van der Waals surface area contributed by atoms with E-state index in [1.807, 2.05) is 9.80 Å². The number of aromatic nitrogens is 1. The molecule has 0 aromatic carbocycles. The van der Waals surface area contributed by atoms with Gasteiger partial charge in [0.1, 0.15) is 6.07 Å². The minimum atomic E-state index is 0.214. The van der Waals surface area contributed by atoms with E-state index in [1.165, 1.54) is 19.3 Å². The summed E-state index contributed by atoms with van der Waals surface area (Å²) in [6, 6.07) is 2.08. The average Bonchev–Trinajstić information content (AvgIpc) is 3.03. The summed E-state index contributed by atoms with van der Waals surface area (Å²) in [7, 11) is 0. The summed E-state index contributed by atoms with van der Waals surface area (Å²) < 4.78 is 5.57. The van der Waals surface area contributed by atoms with Crippen molar-refractivity contribution in [3.63, 3.8) is 0 Å². The monoisotopic (exact) mass is 345 g/mol. The average molecular weight is 345 g/mol. The lowest BCUT2D eigenvalue weighted by Crippen LogP contribution is -2.52. The molecule has 0 radical (unpaired) electrons. The summed E-state index contributed by atoms with van der Waals surface area (Å²) in [6.07, 6.45) is 3.68. The third-order valence-electron chi connectivity index (χ3n) is 5.28. The number of nitriles is 1. The van der Waals surface area contributed by atoms with Crippen LogP contribution in [-0.2, 0) is 4.79 Å². The molecule has 2 saturated heterocycles. The Morgan fingerprint density at radius 1 is 1.32 bits per heavy atom. The number of piperidine rings is 1. The second-order valence-corrected chi connectivity index (χ2v) is 7.02. The van der Waals surface area contributed by atoms with Gasteiger partial charge in [0.15, 0.2) is 5.89 Å². The minimum Gasteiger partial charge on any atom is -0.424 e. The van der Waals surface area contributed by atoms with Crippen LogP contribution < -0.4 is 4.90 Å². The molecule has 25 heavy (non-hydrogen) atoms. The Kier molecular flexibility index (Phi) is 5.59. The van der Waals surface area contributed by atoms with Crippen molar-refractivity contribution in [3.8, 4) is 6.07 Å². The molecule has 7 nitrogen and oxygen atoms in total. The second kappa shape index (κ2) is 7.87. The van der Waals surface area contributed by atoms with Crippen molar-refractivity contribution in [2.75, 3.05) is 50.7 Å². The molecule has 0 unspecified atom stereocenters. The maximum Gasteiger partial charge on any atom is 0.236 e. The van der Waals surface area contributed by atoms with Crippen molar-refractivity contribution in [2.45, 2.75) is 33.1 Å². The number of carbonyl (C=O) groups is 1. The zero-order valence-corrected chi connectivity index (χ0v) is 15.2. The van der Waals surface area contributed by atoms with Gasteiger partial charge in [0.05, 0.1) is 6.54 Å². The fourth-order valence-electron chi connectivity index (χ4n) is 3.78. The summed E-state index contributed by atoms with van der Waals surface area (Å²) >= 11 is 0. The molecule has 1 amide bonds. The maximum absolute atomic E-state index is 12.6. The Balaban J connectivity index is 1.51. The van der Waals surface area contributed by atoms with Gasteiger partial charge in [-0.3, -0.25) is 9.69 Å². The van der Waals surface area contributed by atoms with E-state index in [1.54, 1.807) is 6.92 Å². The number of hydrogen-bond donors (Lipinski definition) is 0. The standard InChI is InChI=1S/C18H27N5O2/c1-3-15-5-4-6-21(12-15)13-17(24)22-7-9-23(10-8-22)18-16(11-19)20-14(2)25-18/h15H,3-10,12-13H2,1-2H3/t15-/m1/s1. The van der Waals surface area contributed by atoms with Crippen LogP contribution in [0.3, 0.4) is 0 Å². The Bertz CT molecular complexity index is 642. The Hall–Kier alpha value is -2.07. The van der Waals surface area contributed by atoms with E-state index >= 15 is 0 Å². The van der Waals surface area contributed by atoms with Crippen molar-refractivity contribution in [1.82, 2.24) is 14.8 Å². The fourth-order valence-corrected chi connectivity index (χ4v) is 3.78. The van der Waals surface area contributed by atoms with Crippen LogP contribution in [0.1, 0.15) is 37.8 Å². The van der Waals surface area contributed by atoms with Crippen LogP contribution in [0.5, 0.6) is 0 Å². The molecule has 1 aromatic rings. The molecule has 3 heterocycles. The van der Waals surface area contributed by atoms with Crippen molar-refractivity contribution >= 4 is 11.8 Å². The predicted octanol–water partition coefficient (Wildman–Crippen LogP) is 1.63. The molecule has 1 atom stereocenters. The van der Waals surface area contributed by atoms with Crippen molar-refractivity contribution < 1.29 is 9.21 Å². The number of carbonyl (C=O) groups excluding carboxylic acids is 1. The smallest absolute Gasteiger partial charge is 0.236 e. The third-order valence-corrected chi connectivity index (χ3v) is 5.28. The Morgan fingerprint density at radius 3 is 2.76 bits per heavy atom. The van der Waals surface area contributed by atoms with E-state index < -0.39 is 0 Å². The molecule has 0 spiro atoms. The molecule has 0 bridgehead atoms. The van der Waals surface area contributed by atoms with Gasteiger partial charge in [0, 0.05) is 39.6 Å². The van der Waals surface area contributed by atoms with Crippen LogP contribution in [0.2, 0.25) is 0 Å². The number of amides is 1. The van der Waals surface area contributed by atoms with Gasteiger partial charge in [-0.05, 0) is 25.3 Å². The third kappa shape index (κ3) is 4.13. The normalized spacial score (nSPS) is 22.0. The summed E-state index contributed by atoms with van der Waals surface area (Å²) in [5.41, 5.74) is 0.330. The first-order chi connectivity index (χ1) is 12.1. The molecule has 2 aliphatic rings. The van der Waals surface area contributed by atoms with Crippen LogP contribution >= 0.6 is 0 Å². The zero-order valence-electron chi connectivity index (χ0n) is 15.2. The van der Waals surface area contributed by atoms with E-state index in [2.05, 4.69) is 22.9 Å². The summed E-state index contributed by atoms with van der Waals surface area (Å²) in [5.74, 6) is 1.98. The molecular weight excluding hydrogens is 318 g/mol. The molecule has 0 saturated carbocycles. The number of nitrogens with zero attached hydrogens (tertiary/aromatic N) is 5. The lowest BCUT2D eigenvalue weighted by molar-refractivity contribution is -0.133. The first-order valence-corrected chi connectivity index (χ1v) is 9.23. The predicted molar refractivity (Wildman–Crippen MR) is 94.2 cm³/mol. The second-order valence-electron chi connectivity index (χ2n) is 7.02.